The van der Waals surface area contributed by atoms with E-state index in [2.05, 4.69) is 15.3 Å². The summed E-state index contributed by atoms with van der Waals surface area (Å²) < 4.78 is 18.8. The van der Waals surface area contributed by atoms with Crippen molar-refractivity contribution in [3.63, 3.8) is 0 Å². The molecule has 0 radical (unpaired) electrons. The van der Waals surface area contributed by atoms with Gasteiger partial charge in [0, 0.05) is 11.1 Å². The molecular weight excluding hydrogens is 363 g/mol. The van der Waals surface area contributed by atoms with E-state index in [0.717, 1.165) is 0 Å². The van der Waals surface area contributed by atoms with Crippen molar-refractivity contribution in [3.8, 4) is 5.75 Å². The molecular formula is C17H14ClFN4O3. The lowest BCUT2D eigenvalue weighted by molar-refractivity contribution is -0.129. The third-order valence-electron chi connectivity index (χ3n) is 3.51. The van der Waals surface area contributed by atoms with Gasteiger partial charge in [-0.25, -0.2) is 19.8 Å². The van der Waals surface area contributed by atoms with Crippen molar-refractivity contribution in [2.24, 2.45) is 0 Å². The van der Waals surface area contributed by atoms with Crippen molar-refractivity contribution in [2.75, 3.05) is 11.9 Å². The predicted octanol–water partition coefficient (Wildman–Crippen LogP) is 3.44. The maximum atomic E-state index is 13.3. The zero-order valence-electron chi connectivity index (χ0n) is 13.4. The van der Waals surface area contributed by atoms with E-state index in [9.17, 15) is 9.18 Å². The quantitative estimate of drug-likeness (QED) is 0.450. The topological polar surface area (TPSA) is 96.4 Å². The first kappa shape index (κ1) is 17.8. The van der Waals surface area contributed by atoms with E-state index < -0.39 is 11.7 Å². The van der Waals surface area contributed by atoms with Crippen LogP contribution in [-0.4, -0.2) is 27.7 Å². The van der Waals surface area contributed by atoms with E-state index in [4.69, 9.17) is 21.5 Å². The highest BCUT2D eigenvalue weighted by Gasteiger charge is 2.08. The summed E-state index contributed by atoms with van der Waals surface area (Å²) >= 11 is 5.80. The third-order valence-corrected chi connectivity index (χ3v) is 3.80. The Balaban J connectivity index is 1.84. The molecule has 3 N–H and O–H groups in total. The molecule has 0 aliphatic heterocycles. The van der Waals surface area contributed by atoms with Gasteiger partial charge in [0.15, 0.2) is 0 Å². The minimum atomic E-state index is -0.537. The van der Waals surface area contributed by atoms with Gasteiger partial charge in [0.25, 0.3) is 0 Å². The Labute approximate surface area is 152 Å². The zero-order valence-corrected chi connectivity index (χ0v) is 14.1. The number of anilines is 2. The predicted molar refractivity (Wildman–Crippen MR) is 94.3 cm³/mol. The fraction of sp³-hybridized carbons (Fsp3) is 0.118. The second-order valence-corrected chi connectivity index (χ2v) is 5.70. The second kappa shape index (κ2) is 7.94. The molecule has 0 fully saturated rings. The lowest BCUT2D eigenvalue weighted by Crippen LogP contribution is -2.20. The summed E-state index contributed by atoms with van der Waals surface area (Å²) in [4.78, 5) is 19.4. The molecule has 0 saturated heterocycles. The highest BCUT2D eigenvalue weighted by atomic mass is 35.5. The number of amides is 1. The van der Waals surface area contributed by atoms with Crippen LogP contribution in [-0.2, 0) is 4.79 Å². The number of ether oxygens (including phenoxy) is 1. The number of benzene rings is 2. The second-order valence-electron chi connectivity index (χ2n) is 5.29. The normalized spacial score (nSPS) is 10.6. The van der Waals surface area contributed by atoms with Crippen LogP contribution in [0.5, 0.6) is 5.75 Å². The molecule has 7 nitrogen and oxygen atoms in total. The summed E-state index contributed by atoms with van der Waals surface area (Å²) in [6.07, 6.45) is 1.42. The van der Waals surface area contributed by atoms with Gasteiger partial charge >= 0.3 is 0 Å². The Morgan fingerprint density at radius 2 is 2.08 bits per heavy atom. The van der Waals surface area contributed by atoms with Crippen LogP contribution < -0.4 is 15.5 Å². The number of hydrogen-bond acceptors (Lipinski definition) is 6. The summed E-state index contributed by atoms with van der Waals surface area (Å²) in [6, 6.07) is 9.45. The molecule has 3 rings (SSSR count). The molecule has 1 amide bonds. The Hall–Kier alpha value is -2.97. The van der Waals surface area contributed by atoms with Gasteiger partial charge < -0.3 is 10.1 Å². The molecule has 9 heteroatoms. The Morgan fingerprint density at radius 3 is 2.85 bits per heavy atom. The van der Waals surface area contributed by atoms with Gasteiger partial charge in [-0.15, -0.1) is 0 Å². The molecule has 0 atom stereocenters. The first-order chi connectivity index (χ1) is 12.6. The number of fused-ring (bicyclic) bond motifs is 1. The highest BCUT2D eigenvalue weighted by molar-refractivity contribution is 6.31. The number of hydrogen-bond donors (Lipinski definition) is 3. The number of aromatic nitrogens is 2. The van der Waals surface area contributed by atoms with Gasteiger partial charge in [-0.2, -0.15) is 0 Å². The van der Waals surface area contributed by atoms with E-state index in [1.165, 1.54) is 23.9 Å². The summed E-state index contributed by atoms with van der Waals surface area (Å²) in [5, 5.41) is 12.2. The monoisotopic (exact) mass is 376 g/mol. The Bertz CT molecular complexity index is 954. The molecule has 1 aromatic heterocycles. The largest absolute Gasteiger partial charge is 0.493 e. The first-order valence-corrected chi connectivity index (χ1v) is 7.97. The van der Waals surface area contributed by atoms with E-state index in [1.807, 2.05) is 0 Å². The van der Waals surface area contributed by atoms with E-state index in [0.29, 0.717) is 28.2 Å². The van der Waals surface area contributed by atoms with Crippen molar-refractivity contribution in [1.82, 2.24) is 15.4 Å². The number of halogens is 2. The lowest BCUT2D eigenvalue weighted by atomic mass is 10.2. The van der Waals surface area contributed by atoms with Gasteiger partial charge in [0.2, 0.25) is 5.91 Å². The average Bonchev–Trinajstić information content (AvgIpc) is 2.65. The molecule has 0 saturated carbocycles. The van der Waals surface area contributed by atoms with E-state index in [1.54, 1.807) is 24.3 Å². The molecule has 0 aliphatic carbocycles. The van der Waals surface area contributed by atoms with Crippen LogP contribution >= 0.6 is 11.6 Å². The highest BCUT2D eigenvalue weighted by Crippen LogP contribution is 2.28. The molecule has 0 unspecified atom stereocenters. The fourth-order valence-corrected chi connectivity index (χ4v) is 2.43. The van der Waals surface area contributed by atoms with Gasteiger partial charge in [-0.1, -0.05) is 11.6 Å². The number of hydroxylamine groups is 1. The molecule has 26 heavy (non-hydrogen) atoms. The third kappa shape index (κ3) is 4.16. The standard InChI is InChI=1S/C17H14ClFN4O3/c18-13-7-10(1-3-14(13)19)22-17-12-8-11(26-6-5-16(24)23-25)2-4-15(12)20-9-21-17/h1-4,7-9,25H,5-6H2,(H,23,24)(H,20,21,22). The number of nitrogens with one attached hydrogen (secondary N) is 2. The average molecular weight is 377 g/mol. The van der Waals surface area contributed by atoms with Crippen LogP contribution in [0.3, 0.4) is 0 Å². The molecule has 0 spiro atoms. The van der Waals surface area contributed by atoms with Crippen LogP contribution in [0.2, 0.25) is 5.02 Å². The molecule has 3 aromatic rings. The van der Waals surface area contributed by atoms with Crippen LogP contribution in [0.1, 0.15) is 6.42 Å². The van der Waals surface area contributed by atoms with Crippen LogP contribution in [0.25, 0.3) is 10.9 Å². The van der Waals surface area contributed by atoms with Crippen molar-refractivity contribution in [2.45, 2.75) is 6.42 Å². The minimum absolute atomic E-state index is 0.000422. The summed E-state index contributed by atoms with van der Waals surface area (Å²) in [5.74, 6) is -0.0357. The van der Waals surface area contributed by atoms with Gasteiger partial charge in [0.05, 0.1) is 23.6 Å². The molecule has 0 aliphatic rings. The van der Waals surface area contributed by atoms with Crippen molar-refractivity contribution in [3.05, 3.63) is 53.6 Å². The summed E-state index contributed by atoms with van der Waals surface area (Å²) in [7, 11) is 0. The maximum absolute atomic E-state index is 13.3. The summed E-state index contributed by atoms with van der Waals surface area (Å²) in [5.41, 5.74) is 2.79. The van der Waals surface area contributed by atoms with Gasteiger partial charge in [0.1, 0.15) is 23.7 Å². The van der Waals surface area contributed by atoms with Crippen LogP contribution in [0, 0.1) is 5.82 Å². The van der Waals surface area contributed by atoms with E-state index in [-0.39, 0.29) is 18.1 Å². The lowest BCUT2D eigenvalue weighted by Gasteiger charge is -2.11. The SMILES string of the molecule is O=C(CCOc1ccc2ncnc(Nc3ccc(F)c(Cl)c3)c2c1)NO. The Morgan fingerprint density at radius 1 is 1.23 bits per heavy atom. The summed E-state index contributed by atoms with van der Waals surface area (Å²) in [6.45, 7) is 0.0991. The molecule has 1 heterocycles. The van der Waals surface area contributed by atoms with Gasteiger partial charge in [-0.05, 0) is 36.4 Å². The minimum Gasteiger partial charge on any atom is -0.493 e. The first-order valence-electron chi connectivity index (χ1n) is 7.59. The zero-order chi connectivity index (χ0) is 18.5. The van der Waals surface area contributed by atoms with Crippen LogP contribution in [0.15, 0.2) is 42.7 Å². The van der Waals surface area contributed by atoms with Crippen LogP contribution in [0.4, 0.5) is 15.9 Å². The number of carbonyl (C=O) groups is 1. The smallest absolute Gasteiger partial charge is 0.246 e. The number of nitrogens with zero attached hydrogens (tertiary/aromatic N) is 2. The molecule has 0 bridgehead atoms. The molecule has 134 valence electrons. The van der Waals surface area contributed by atoms with E-state index >= 15 is 0 Å². The molecule has 2 aromatic carbocycles. The fourth-order valence-electron chi connectivity index (χ4n) is 2.25. The van der Waals surface area contributed by atoms with Gasteiger partial charge in [-0.3, -0.25) is 10.0 Å². The number of rotatable bonds is 6. The van der Waals surface area contributed by atoms with Crippen molar-refractivity contribution in [1.29, 1.82) is 0 Å². The van der Waals surface area contributed by atoms with Crippen molar-refractivity contribution >= 4 is 39.9 Å². The number of carbonyl (C=O) groups excluding carboxylic acids is 1. The van der Waals surface area contributed by atoms with Crippen molar-refractivity contribution < 1.29 is 19.1 Å². The Kier molecular flexibility index (Phi) is 5.45. The maximum Gasteiger partial charge on any atom is 0.246 e.